The van der Waals surface area contributed by atoms with Gasteiger partial charge in [-0.3, -0.25) is 19.0 Å². The lowest BCUT2D eigenvalue weighted by Crippen LogP contribution is -2.63. The minimum Gasteiger partial charge on any atom is -0.343 e. The Labute approximate surface area is 153 Å². The Balaban J connectivity index is 1.69. The van der Waals surface area contributed by atoms with Crippen molar-refractivity contribution in [3.05, 3.63) is 70.3 Å². The molecule has 2 aromatic carbocycles. The van der Waals surface area contributed by atoms with Crippen LogP contribution in [0.2, 0.25) is 0 Å². The zero-order valence-corrected chi connectivity index (χ0v) is 14.1. The van der Waals surface area contributed by atoms with E-state index in [2.05, 4.69) is 15.6 Å². The molecule has 132 valence electrons. The number of benzene rings is 2. The number of aromatic nitrogens is 2. The van der Waals surface area contributed by atoms with Crippen LogP contribution in [0.1, 0.15) is 29.9 Å². The Morgan fingerprint density at radius 3 is 2.70 bits per heavy atom. The fourth-order valence-electron chi connectivity index (χ4n) is 4.87. The third-order valence-corrected chi connectivity index (χ3v) is 6.06. The van der Waals surface area contributed by atoms with Crippen molar-refractivity contribution in [2.24, 2.45) is 0 Å². The van der Waals surface area contributed by atoms with E-state index >= 15 is 0 Å². The lowest BCUT2D eigenvalue weighted by atomic mass is 9.65. The topological polar surface area (TPSA) is 93.1 Å². The molecule has 1 saturated heterocycles. The molecule has 1 spiro atoms. The molecule has 7 rings (SSSR count). The van der Waals surface area contributed by atoms with Gasteiger partial charge in [0.1, 0.15) is 23.3 Å². The van der Waals surface area contributed by atoms with Crippen LogP contribution in [0.4, 0.5) is 5.69 Å². The van der Waals surface area contributed by atoms with Gasteiger partial charge < -0.3 is 10.6 Å². The van der Waals surface area contributed by atoms with E-state index in [1.54, 1.807) is 18.2 Å². The lowest BCUT2D eigenvalue weighted by molar-refractivity contribution is -0.136. The number of carbonyl (C=O) groups excluding carboxylic acids is 2. The first-order chi connectivity index (χ1) is 13.1. The van der Waals surface area contributed by atoms with E-state index in [0.717, 1.165) is 11.3 Å². The standard InChI is InChI=1S/C20H14N4O3/c25-17-14-9-20(11-6-2-4-8-13(11)22-19(20)27)15(23-17)16-21-12-7-3-1-5-10(12)18(26)24(14)16/h1-8,14-15H,9H2,(H,22,27)(H,23,25)/t14-,15+,20+/m0/s1. The second kappa shape index (κ2) is 4.62. The van der Waals surface area contributed by atoms with Gasteiger partial charge in [0.15, 0.2) is 0 Å². The molecule has 0 radical (unpaired) electrons. The van der Waals surface area contributed by atoms with Crippen LogP contribution in [-0.4, -0.2) is 21.4 Å². The fourth-order valence-corrected chi connectivity index (χ4v) is 4.87. The average Bonchev–Trinajstić information content (AvgIpc) is 2.95. The predicted molar refractivity (Wildman–Crippen MR) is 97.3 cm³/mol. The van der Waals surface area contributed by atoms with Crippen LogP contribution in [0.15, 0.2) is 53.3 Å². The summed E-state index contributed by atoms with van der Waals surface area (Å²) in [6.45, 7) is 0. The molecule has 0 unspecified atom stereocenters. The first-order valence-electron chi connectivity index (χ1n) is 8.84. The molecule has 2 amide bonds. The second-order valence-electron chi connectivity index (χ2n) is 7.29. The maximum Gasteiger partial charge on any atom is 0.262 e. The molecule has 4 aliphatic rings. The number of anilines is 1. The largest absolute Gasteiger partial charge is 0.343 e. The predicted octanol–water partition coefficient (Wildman–Crippen LogP) is 1.40. The summed E-state index contributed by atoms with van der Waals surface area (Å²) >= 11 is 0. The highest BCUT2D eigenvalue weighted by Gasteiger charge is 2.62. The van der Waals surface area contributed by atoms with E-state index in [0.29, 0.717) is 16.7 Å². The Morgan fingerprint density at radius 1 is 1.04 bits per heavy atom. The molecular weight excluding hydrogens is 344 g/mol. The molecule has 1 fully saturated rings. The average molecular weight is 358 g/mol. The van der Waals surface area contributed by atoms with Crippen LogP contribution in [0.25, 0.3) is 10.9 Å². The lowest BCUT2D eigenvalue weighted by Gasteiger charge is -2.48. The van der Waals surface area contributed by atoms with Gasteiger partial charge in [0.05, 0.1) is 10.9 Å². The quantitative estimate of drug-likeness (QED) is 0.635. The van der Waals surface area contributed by atoms with Crippen molar-refractivity contribution in [2.75, 3.05) is 5.32 Å². The highest BCUT2D eigenvalue weighted by atomic mass is 16.2. The molecule has 2 bridgehead atoms. The Hall–Kier alpha value is -3.48. The second-order valence-corrected chi connectivity index (χ2v) is 7.29. The molecule has 5 heterocycles. The van der Waals surface area contributed by atoms with Gasteiger partial charge in [-0.2, -0.15) is 0 Å². The normalized spacial score (nSPS) is 27.4. The number of rotatable bonds is 0. The third kappa shape index (κ3) is 1.58. The van der Waals surface area contributed by atoms with Crippen molar-refractivity contribution in [1.82, 2.24) is 14.9 Å². The molecule has 7 heteroatoms. The van der Waals surface area contributed by atoms with Gasteiger partial charge in [0.2, 0.25) is 11.8 Å². The summed E-state index contributed by atoms with van der Waals surface area (Å²) < 4.78 is 1.48. The number of nitrogens with zero attached hydrogens (tertiary/aromatic N) is 2. The van der Waals surface area contributed by atoms with E-state index in [1.165, 1.54) is 4.57 Å². The van der Waals surface area contributed by atoms with Crippen LogP contribution in [0.5, 0.6) is 0 Å². The molecule has 0 aliphatic carbocycles. The van der Waals surface area contributed by atoms with Gasteiger partial charge in [-0.15, -0.1) is 0 Å². The summed E-state index contributed by atoms with van der Waals surface area (Å²) in [5.74, 6) is 0.0447. The molecular formula is C20H14N4O3. The zero-order chi connectivity index (χ0) is 18.3. The Bertz CT molecular complexity index is 1250. The van der Waals surface area contributed by atoms with Gasteiger partial charge in [-0.05, 0) is 30.2 Å². The van der Waals surface area contributed by atoms with Gasteiger partial charge >= 0.3 is 0 Å². The number of piperidine rings is 1. The molecule has 27 heavy (non-hydrogen) atoms. The van der Waals surface area contributed by atoms with Gasteiger partial charge in [-0.25, -0.2) is 4.98 Å². The number of hydrogen-bond acceptors (Lipinski definition) is 4. The van der Waals surface area contributed by atoms with Crippen molar-refractivity contribution >= 4 is 28.4 Å². The molecule has 7 nitrogen and oxygen atoms in total. The van der Waals surface area contributed by atoms with Crippen LogP contribution < -0.4 is 16.2 Å². The number of carbonyl (C=O) groups is 2. The summed E-state index contributed by atoms with van der Waals surface area (Å²) in [6, 6.07) is 13.1. The number of hydrogen-bond donors (Lipinski definition) is 2. The van der Waals surface area contributed by atoms with Gasteiger partial charge in [-0.1, -0.05) is 30.3 Å². The highest BCUT2D eigenvalue weighted by Crippen LogP contribution is 2.55. The van der Waals surface area contributed by atoms with E-state index in [1.807, 2.05) is 30.3 Å². The molecule has 3 aromatic rings. The van der Waals surface area contributed by atoms with E-state index in [-0.39, 0.29) is 23.8 Å². The number of amides is 2. The summed E-state index contributed by atoms with van der Waals surface area (Å²) in [5, 5.41) is 6.36. The van der Waals surface area contributed by atoms with Crippen molar-refractivity contribution in [2.45, 2.75) is 23.9 Å². The van der Waals surface area contributed by atoms with Crippen molar-refractivity contribution in [1.29, 1.82) is 0 Å². The molecule has 3 atom stereocenters. The highest BCUT2D eigenvalue weighted by molar-refractivity contribution is 6.08. The van der Waals surface area contributed by atoms with E-state index < -0.39 is 17.5 Å². The van der Waals surface area contributed by atoms with E-state index in [4.69, 9.17) is 0 Å². The Kier molecular flexibility index (Phi) is 2.51. The maximum absolute atomic E-state index is 13.1. The number of nitrogens with one attached hydrogen (secondary N) is 2. The molecule has 1 aromatic heterocycles. The van der Waals surface area contributed by atoms with Crippen molar-refractivity contribution < 1.29 is 9.59 Å². The van der Waals surface area contributed by atoms with Crippen LogP contribution in [0, 0.1) is 0 Å². The summed E-state index contributed by atoms with van der Waals surface area (Å²) in [7, 11) is 0. The zero-order valence-electron chi connectivity index (χ0n) is 14.1. The Morgan fingerprint density at radius 2 is 1.81 bits per heavy atom. The minimum atomic E-state index is -0.947. The van der Waals surface area contributed by atoms with Crippen LogP contribution in [0.3, 0.4) is 0 Å². The minimum absolute atomic E-state index is 0.160. The fraction of sp³-hybridized carbons (Fsp3) is 0.200. The molecule has 4 aliphatic heterocycles. The molecule has 0 saturated carbocycles. The summed E-state index contributed by atoms with van der Waals surface area (Å²) in [5.41, 5.74) is 0.980. The maximum atomic E-state index is 13.1. The van der Waals surface area contributed by atoms with Crippen molar-refractivity contribution in [3.63, 3.8) is 0 Å². The number of fused-ring (bicyclic) bond motifs is 3. The van der Waals surface area contributed by atoms with Gasteiger partial charge in [0, 0.05) is 5.69 Å². The summed E-state index contributed by atoms with van der Waals surface area (Å²) in [6.07, 6.45) is 0.249. The monoisotopic (exact) mass is 358 g/mol. The first-order valence-corrected chi connectivity index (χ1v) is 8.84. The smallest absolute Gasteiger partial charge is 0.262 e. The SMILES string of the molecule is O=C1N[C@@H]2c3nc4ccccc4c(=O)n3[C@H]1C[C@]21C(=O)Nc2ccccc21. The van der Waals surface area contributed by atoms with Crippen LogP contribution >= 0.6 is 0 Å². The third-order valence-electron chi connectivity index (χ3n) is 6.06. The molecule has 2 N–H and O–H groups in total. The van der Waals surface area contributed by atoms with Gasteiger partial charge in [0.25, 0.3) is 5.56 Å². The van der Waals surface area contributed by atoms with E-state index in [9.17, 15) is 14.4 Å². The summed E-state index contributed by atoms with van der Waals surface area (Å²) in [4.78, 5) is 43.5. The first kappa shape index (κ1) is 14.7. The van der Waals surface area contributed by atoms with Crippen LogP contribution in [-0.2, 0) is 15.0 Å². The van der Waals surface area contributed by atoms with Crippen molar-refractivity contribution in [3.8, 4) is 0 Å². The number of para-hydroxylation sites is 2.